The molecule has 1 aliphatic heterocycles. The van der Waals surface area contributed by atoms with E-state index in [0.29, 0.717) is 21.8 Å². The van der Waals surface area contributed by atoms with Gasteiger partial charge in [0.15, 0.2) is 5.11 Å². The maximum atomic E-state index is 6.45. The summed E-state index contributed by atoms with van der Waals surface area (Å²) in [5.41, 5.74) is 1.74. The molecule has 4 nitrogen and oxygen atoms in total. The van der Waals surface area contributed by atoms with Crippen molar-refractivity contribution in [2.24, 2.45) is 0 Å². The smallest absolute Gasteiger partial charge is 0.170 e. The van der Waals surface area contributed by atoms with Crippen LogP contribution in [-0.2, 0) is 0 Å². The minimum atomic E-state index is -0.0792. The van der Waals surface area contributed by atoms with Crippen LogP contribution < -0.4 is 5.32 Å². The summed E-state index contributed by atoms with van der Waals surface area (Å²) in [6.45, 7) is 0. The van der Waals surface area contributed by atoms with Gasteiger partial charge in [0, 0.05) is 17.8 Å². The van der Waals surface area contributed by atoms with Gasteiger partial charge in [-0.15, -0.1) is 0 Å². The van der Waals surface area contributed by atoms with Crippen molar-refractivity contribution in [1.82, 2.24) is 15.2 Å². The van der Waals surface area contributed by atoms with Crippen molar-refractivity contribution in [1.29, 1.82) is 0 Å². The van der Waals surface area contributed by atoms with Crippen LogP contribution in [0.3, 0.4) is 0 Å². The number of hydrogen-bond donors (Lipinski definition) is 1. The number of pyridine rings is 1. The predicted octanol–water partition coefficient (Wildman–Crippen LogP) is 6.95. The van der Waals surface area contributed by atoms with Crippen LogP contribution in [0.5, 0.6) is 0 Å². The number of aromatic nitrogens is 1. The van der Waals surface area contributed by atoms with Crippen LogP contribution in [0.15, 0.2) is 59.1 Å². The van der Waals surface area contributed by atoms with Gasteiger partial charge in [-0.1, -0.05) is 54.6 Å². The molecule has 1 aliphatic carbocycles. The molecule has 0 radical (unpaired) electrons. The minimum absolute atomic E-state index is 0.0720. The third-order valence-corrected chi connectivity index (χ3v) is 7.39. The number of furan rings is 1. The molecule has 7 heteroatoms. The zero-order valence-corrected chi connectivity index (χ0v) is 19.3. The van der Waals surface area contributed by atoms with Gasteiger partial charge >= 0.3 is 0 Å². The number of nitrogens with one attached hydrogen (secondary N) is 1. The van der Waals surface area contributed by atoms with Gasteiger partial charge in [0.1, 0.15) is 17.6 Å². The Kier molecular flexibility index (Phi) is 5.91. The normalized spacial score (nSPS) is 22.0. The van der Waals surface area contributed by atoms with E-state index in [4.69, 9.17) is 39.8 Å². The highest BCUT2D eigenvalue weighted by atomic mass is 35.5. The van der Waals surface area contributed by atoms with Crippen LogP contribution in [0, 0.1) is 0 Å². The van der Waals surface area contributed by atoms with Crippen LogP contribution in [0.1, 0.15) is 55.6 Å². The molecule has 1 aromatic carbocycles. The Morgan fingerprint density at radius 2 is 1.84 bits per heavy atom. The van der Waals surface area contributed by atoms with E-state index in [2.05, 4.69) is 15.2 Å². The number of hydrogen-bond acceptors (Lipinski definition) is 3. The molecular formula is C24H23Cl2N3OS. The third-order valence-electron chi connectivity index (χ3n) is 6.24. The quantitative estimate of drug-likeness (QED) is 0.416. The van der Waals surface area contributed by atoms with Gasteiger partial charge in [0.05, 0.1) is 21.8 Å². The summed E-state index contributed by atoms with van der Waals surface area (Å²) in [5, 5.41) is 5.30. The highest BCUT2D eigenvalue weighted by Gasteiger charge is 2.44. The highest BCUT2D eigenvalue weighted by Crippen LogP contribution is 2.44. The van der Waals surface area contributed by atoms with Crippen molar-refractivity contribution in [2.45, 2.75) is 50.2 Å². The first-order chi connectivity index (χ1) is 15.1. The molecule has 2 aliphatic rings. The number of rotatable bonds is 4. The van der Waals surface area contributed by atoms with E-state index in [1.54, 1.807) is 6.07 Å². The Hall–Kier alpha value is -2.08. The summed E-state index contributed by atoms with van der Waals surface area (Å²) in [6.07, 6.45) is 7.84. The first-order valence-corrected chi connectivity index (χ1v) is 11.8. The molecule has 0 bridgehead atoms. The van der Waals surface area contributed by atoms with Crippen molar-refractivity contribution in [2.75, 3.05) is 0 Å². The summed E-state index contributed by atoms with van der Waals surface area (Å²) in [7, 11) is 0. The summed E-state index contributed by atoms with van der Waals surface area (Å²) in [6, 6.07) is 15.8. The fourth-order valence-corrected chi connectivity index (χ4v) is 5.56. The van der Waals surface area contributed by atoms with Crippen LogP contribution in [0.4, 0.5) is 0 Å². The van der Waals surface area contributed by atoms with Gasteiger partial charge in [-0.3, -0.25) is 4.98 Å². The predicted molar refractivity (Wildman–Crippen MR) is 128 cm³/mol. The molecule has 1 saturated heterocycles. The second kappa shape index (κ2) is 8.81. The number of halogens is 2. The molecular weight excluding hydrogens is 449 g/mol. The lowest BCUT2D eigenvalue weighted by Crippen LogP contribution is -2.40. The Morgan fingerprint density at radius 1 is 1.00 bits per heavy atom. The van der Waals surface area contributed by atoms with E-state index in [9.17, 15) is 0 Å². The van der Waals surface area contributed by atoms with Gasteiger partial charge < -0.3 is 14.6 Å². The Balaban J connectivity index is 1.56. The van der Waals surface area contributed by atoms with E-state index >= 15 is 0 Å². The molecule has 160 valence electrons. The van der Waals surface area contributed by atoms with Gasteiger partial charge in [0.25, 0.3) is 0 Å². The van der Waals surface area contributed by atoms with E-state index in [-0.39, 0.29) is 12.1 Å². The Bertz CT molecular complexity index is 1080. The molecule has 2 aromatic heterocycles. The minimum Gasteiger partial charge on any atom is -0.459 e. The molecule has 0 unspecified atom stereocenters. The van der Waals surface area contributed by atoms with Crippen molar-refractivity contribution in [3.63, 3.8) is 0 Å². The monoisotopic (exact) mass is 471 g/mol. The average Bonchev–Trinajstić information content (AvgIpc) is 3.41. The van der Waals surface area contributed by atoms with Gasteiger partial charge in [-0.25, -0.2) is 0 Å². The number of benzene rings is 1. The molecule has 2 atom stereocenters. The molecule has 1 N–H and O–H groups in total. The van der Waals surface area contributed by atoms with E-state index in [0.717, 1.165) is 35.0 Å². The fraction of sp³-hybridized carbons (Fsp3) is 0.333. The van der Waals surface area contributed by atoms with Crippen LogP contribution >= 0.6 is 35.4 Å². The zero-order valence-electron chi connectivity index (χ0n) is 16.9. The molecule has 31 heavy (non-hydrogen) atoms. The molecule has 3 aromatic rings. The fourth-order valence-electron chi connectivity index (χ4n) is 4.77. The van der Waals surface area contributed by atoms with E-state index in [1.165, 1.54) is 19.3 Å². The lowest BCUT2D eigenvalue weighted by Gasteiger charge is -2.36. The molecule has 2 fully saturated rings. The Morgan fingerprint density at radius 3 is 2.61 bits per heavy atom. The Labute approximate surface area is 197 Å². The maximum absolute atomic E-state index is 6.45. The second-order valence-corrected chi connectivity index (χ2v) is 9.30. The second-order valence-electron chi connectivity index (χ2n) is 8.13. The van der Waals surface area contributed by atoms with Crippen LogP contribution in [0.2, 0.25) is 10.0 Å². The lowest BCUT2D eigenvalue weighted by atomic mass is 9.92. The summed E-state index contributed by atoms with van der Waals surface area (Å²) in [5.74, 6) is 1.54. The van der Waals surface area contributed by atoms with Crippen LogP contribution in [0.25, 0.3) is 11.3 Å². The largest absolute Gasteiger partial charge is 0.459 e. The summed E-state index contributed by atoms with van der Waals surface area (Å²) >= 11 is 18.5. The van der Waals surface area contributed by atoms with Gasteiger partial charge in [-0.2, -0.15) is 0 Å². The third kappa shape index (κ3) is 3.95. The van der Waals surface area contributed by atoms with Gasteiger partial charge in [-0.05, 0) is 61.5 Å². The van der Waals surface area contributed by atoms with Crippen molar-refractivity contribution in [3.05, 3.63) is 76.2 Å². The summed E-state index contributed by atoms with van der Waals surface area (Å²) < 4.78 is 6.40. The van der Waals surface area contributed by atoms with Crippen molar-refractivity contribution in [3.8, 4) is 11.3 Å². The molecule has 5 rings (SSSR count). The van der Waals surface area contributed by atoms with Crippen molar-refractivity contribution >= 4 is 40.5 Å². The maximum Gasteiger partial charge on any atom is 0.170 e. The molecule has 1 saturated carbocycles. The average molecular weight is 472 g/mol. The summed E-state index contributed by atoms with van der Waals surface area (Å²) in [4.78, 5) is 6.96. The molecule has 0 spiro atoms. The lowest BCUT2D eigenvalue weighted by molar-refractivity contribution is 0.179. The first-order valence-electron chi connectivity index (χ1n) is 10.7. The highest BCUT2D eigenvalue weighted by molar-refractivity contribution is 7.80. The standard InChI is InChI=1S/C24H23Cl2N3OS/c25-17-10-6-9-16(21(17)26)19-12-13-20(30-19)23-22(18-11-4-5-14-27-18)28-24(31)29(23)15-7-2-1-3-8-15/h4-6,9-15,22-23H,1-3,7-8H2,(H,28,31)/t22-,23+/m0/s1. The number of nitrogens with zero attached hydrogens (tertiary/aromatic N) is 2. The topological polar surface area (TPSA) is 41.3 Å². The molecule has 0 amide bonds. The van der Waals surface area contributed by atoms with E-state index in [1.807, 2.05) is 48.7 Å². The van der Waals surface area contributed by atoms with Crippen LogP contribution in [-0.4, -0.2) is 21.0 Å². The molecule has 3 heterocycles. The SMILES string of the molecule is S=C1N[C@@H](c2ccccn2)[C@@H](c2ccc(-c3cccc(Cl)c3Cl)o2)N1C1CCCCC1. The van der Waals surface area contributed by atoms with Crippen molar-refractivity contribution < 1.29 is 4.42 Å². The number of thiocarbonyl (C=S) groups is 1. The first kappa shape index (κ1) is 20.8. The van der Waals surface area contributed by atoms with E-state index < -0.39 is 0 Å². The van der Waals surface area contributed by atoms with Gasteiger partial charge in [0.2, 0.25) is 0 Å². The zero-order chi connectivity index (χ0) is 21.4.